The summed E-state index contributed by atoms with van der Waals surface area (Å²) in [6, 6.07) is 9.18. The van der Waals surface area contributed by atoms with Crippen molar-refractivity contribution in [3.8, 4) is 0 Å². The summed E-state index contributed by atoms with van der Waals surface area (Å²) in [6.45, 7) is 0.403. The van der Waals surface area contributed by atoms with E-state index in [9.17, 15) is 4.79 Å². The van der Waals surface area contributed by atoms with Crippen LogP contribution in [0.3, 0.4) is 0 Å². The molecule has 0 aliphatic carbocycles. The number of benzene rings is 1. The fraction of sp³-hybridized carbons (Fsp3) is 0.417. The van der Waals surface area contributed by atoms with E-state index in [2.05, 4.69) is 0 Å². The molecular formula is C12H17NO3. The quantitative estimate of drug-likeness (QED) is 0.758. The van der Waals surface area contributed by atoms with Crippen LogP contribution in [0.15, 0.2) is 30.3 Å². The Kier molecular flexibility index (Phi) is 4.46. The Morgan fingerprint density at radius 3 is 2.44 bits per heavy atom. The Morgan fingerprint density at radius 2 is 1.94 bits per heavy atom. The Morgan fingerprint density at radius 1 is 1.31 bits per heavy atom. The molecule has 0 amide bonds. The summed E-state index contributed by atoms with van der Waals surface area (Å²) >= 11 is 0. The predicted molar refractivity (Wildman–Crippen MR) is 60.8 cm³/mol. The number of esters is 1. The average molecular weight is 223 g/mol. The molecule has 0 bridgehead atoms. The Bertz CT molecular complexity index is 339. The maximum Gasteiger partial charge on any atom is 0.330 e. The molecule has 1 rings (SSSR count). The maximum atomic E-state index is 11.7. The van der Waals surface area contributed by atoms with Crippen molar-refractivity contribution in [2.24, 2.45) is 5.73 Å². The van der Waals surface area contributed by atoms with E-state index < -0.39 is 11.5 Å². The number of nitrogens with two attached hydrogens (primary N) is 1. The standard InChI is InChI=1S/C12H17NO3/c1-15-9-8-12(13,11(14)16-2)10-6-4-3-5-7-10/h3-7H,8-9,13H2,1-2H3. The average Bonchev–Trinajstić information content (AvgIpc) is 2.36. The highest BCUT2D eigenvalue weighted by atomic mass is 16.5. The molecule has 2 N–H and O–H groups in total. The molecule has 0 aromatic heterocycles. The largest absolute Gasteiger partial charge is 0.467 e. The minimum atomic E-state index is -1.13. The van der Waals surface area contributed by atoms with Crippen molar-refractivity contribution in [3.63, 3.8) is 0 Å². The van der Waals surface area contributed by atoms with E-state index in [-0.39, 0.29) is 0 Å². The van der Waals surface area contributed by atoms with Gasteiger partial charge in [0.05, 0.1) is 7.11 Å². The van der Waals surface area contributed by atoms with Crippen LogP contribution in [0.5, 0.6) is 0 Å². The van der Waals surface area contributed by atoms with Crippen molar-refractivity contribution < 1.29 is 14.3 Å². The van der Waals surface area contributed by atoms with Crippen LogP contribution >= 0.6 is 0 Å². The lowest BCUT2D eigenvalue weighted by molar-refractivity contribution is -0.148. The van der Waals surface area contributed by atoms with Gasteiger partial charge in [0.1, 0.15) is 5.54 Å². The Balaban J connectivity index is 2.99. The lowest BCUT2D eigenvalue weighted by atomic mass is 9.88. The summed E-state index contributed by atoms with van der Waals surface area (Å²) in [7, 11) is 2.91. The van der Waals surface area contributed by atoms with E-state index >= 15 is 0 Å². The van der Waals surface area contributed by atoms with Gasteiger partial charge in [-0.1, -0.05) is 30.3 Å². The minimum Gasteiger partial charge on any atom is -0.467 e. The third-order valence-corrected chi connectivity index (χ3v) is 2.54. The van der Waals surface area contributed by atoms with Gasteiger partial charge in [0.2, 0.25) is 0 Å². The highest BCUT2D eigenvalue weighted by molar-refractivity contribution is 5.82. The molecule has 0 fully saturated rings. The second kappa shape index (κ2) is 5.63. The van der Waals surface area contributed by atoms with Crippen LogP contribution < -0.4 is 5.73 Å². The maximum absolute atomic E-state index is 11.7. The van der Waals surface area contributed by atoms with Gasteiger partial charge in [0, 0.05) is 20.1 Å². The first-order valence-corrected chi connectivity index (χ1v) is 5.07. The van der Waals surface area contributed by atoms with Gasteiger partial charge in [-0.15, -0.1) is 0 Å². The van der Waals surface area contributed by atoms with Crippen molar-refractivity contribution in [3.05, 3.63) is 35.9 Å². The molecule has 1 aromatic carbocycles. The van der Waals surface area contributed by atoms with Crippen LogP contribution in [-0.2, 0) is 19.8 Å². The van der Waals surface area contributed by atoms with Gasteiger partial charge < -0.3 is 15.2 Å². The van der Waals surface area contributed by atoms with Gasteiger partial charge in [0.25, 0.3) is 0 Å². The Labute approximate surface area is 95.3 Å². The molecule has 0 aliphatic heterocycles. The van der Waals surface area contributed by atoms with Gasteiger partial charge in [-0.25, -0.2) is 4.79 Å². The minimum absolute atomic E-state index is 0.389. The molecule has 88 valence electrons. The summed E-state index contributed by atoms with van der Waals surface area (Å²) in [5.41, 5.74) is 5.71. The molecule has 0 saturated heterocycles. The number of hydrogen-bond donors (Lipinski definition) is 1. The van der Waals surface area contributed by atoms with Crippen LogP contribution in [0.1, 0.15) is 12.0 Å². The van der Waals surface area contributed by atoms with Crippen LogP contribution in [-0.4, -0.2) is 26.8 Å². The highest BCUT2D eigenvalue weighted by Crippen LogP contribution is 2.23. The van der Waals surface area contributed by atoms with Crippen molar-refractivity contribution in [2.75, 3.05) is 20.8 Å². The third kappa shape index (κ3) is 2.59. The normalized spacial score (nSPS) is 14.2. The molecule has 16 heavy (non-hydrogen) atoms. The van der Waals surface area contributed by atoms with E-state index in [1.54, 1.807) is 7.11 Å². The van der Waals surface area contributed by atoms with Crippen molar-refractivity contribution in [1.82, 2.24) is 0 Å². The number of rotatable bonds is 5. The van der Waals surface area contributed by atoms with E-state index in [1.807, 2.05) is 30.3 Å². The number of ether oxygens (including phenoxy) is 2. The van der Waals surface area contributed by atoms with Crippen LogP contribution in [0, 0.1) is 0 Å². The van der Waals surface area contributed by atoms with E-state index in [4.69, 9.17) is 15.2 Å². The van der Waals surface area contributed by atoms with Gasteiger partial charge >= 0.3 is 5.97 Å². The van der Waals surface area contributed by atoms with Crippen LogP contribution in [0.4, 0.5) is 0 Å². The summed E-state index contributed by atoms with van der Waals surface area (Å²) in [5, 5.41) is 0. The summed E-state index contributed by atoms with van der Waals surface area (Å²) < 4.78 is 9.71. The third-order valence-electron chi connectivity index (χ3n) is 2.54. The zero-order valence-corrected chi connectivity index (χ0v) is 9.60. The summed E-state index contributed by atoms with van der Waals surface area (Å²) in [5.74, 6) is -0.448. The van der Waals surface area contributed by atoms with Gasteiger partial charge in [-0.3, -0.25) is 0 Å². The van der Waals surface area contributed by atoms with E-state index in [0.717, 1.165) is 5.56 Å². The second-order valence-electron chi connectivity index (χ2n) is 3.57. The van der Waals surface area contributed by atoms with E-state index in [0.29, 0.717) is 13.0 Å². The molecular weight excluding hydrogens is 206 g/mol. The van der Waals surface area contributed by atoms with Crippen molar-refractivity contribution in [2.45, 2.75) is 12.0 Å². The fourth-order valence-corrected chi connectivity index (χ4v) is 1.54. The number of hydrogen-bond acceptors (Lipinski definition) is 4. The molecule has 4 heteroatoms. The lowest BCUT2D eigenvalue weighted by Gasteiger charge is -2.26. The molecule has 0 saturated carbocycles. The highest BCUT2D eigenvalue weighted by Gasteiger charge is 2.36. The molecule has 1 unspecified atom stereocenters. The fourth-order valence-electron chi connectivity index (χ4n) is 1.54. The zero-order chi connectivity index (χ0) is 12.0. The lowest BCUT2D eigenvalue weighted by Crippen LogP contribution is -2.46. The smallest absolute Gasteiger partial charge is 0.330 e. The van der Waals surface area contributed by atoms with Crippen molar-refractivity contribution in [1.29, 1.82) is 0 Å². The first-order chi connectivity index (χ1) is 7.65. The topological polar surface area (TPSA) is 61.5 Å². The van der Waals surface area contributed by atoms with E-state index in [1.165, 1.54) is 7.11 Å². The SMILES string of the molecule is COCCC(N)(C(=O)OC)c1ccccc1. The Hall–Kier alpha value is -1.39. The molecule has 4 nitrogen and oxygen atoms in total. The van der Waals surface area contributed by atoms with Gasteiger partial charge in [0.15, 0.2) is 0 Å². The van der Waals surface area contributed by atoms with Crippen LogP contribution in [0.2, 0.25) is 0 Å². The molecule has 1 aromatic rings. The number of methoxy groups -OCH3 is 2. The molecule has 0 radical (unpaired) electrons. The molecule has 0 spiro atoms. The van der Waals surface area contributed by atoms with Crippen molar-refractivity contribution >= 4 is 5.97 Å². The second-order valence-corrected chi connectivity index (χ2v) is 3.57. The number of carbonyl (C=O) groups excluding carboxylic acids is 1. The van der Waals surface area contributed by atoms with Crippen LogP contribution in [0.25, 0.3) is 0 Å². The predicted octanol–water partition coefficient (Wildman–Crippen LogP) is 1.05. The molecule has 0 aliphatic rings. The first kappa shape index (κ1) is 12.7. The molecule has 0 heterocycles. The molecule has 1 atom stereocenters. The first-order valence-electron chi connectivity index (χ1n) is 5.07. The monoisotopic (exact) mass is 223 g/mol. The zero-order valence-electron chi connectivity index (χ0n) is 9.60. The summed E-state index contributed by atoms with van der Waals surface area (Å²) in [6.07, 6.45) is 0.389. The van der Waals surface area contributed by atoms with Gasteiger partial charge in [-0.05, 0) is 5.56 Å². The summed E-state index contributed by atoms with van der Waals surface area (Å²) in [4.78, 5) is 11.7. The number of carbonyl (C=O) groups is 1. The van der Waals surface area contributed by atoms with Gasteiger partial charge in [-0.2, -0.15) is 0 Å².